The van der Waals surface area contributed by atoms with E-state index in [1.54, 1.807) is 18.3 Å². The van der Waals surface area contributed by atoms with Gasteiger partial charge >= 0.3 is 0 Å². The van der Waals surface area contributed by atoms with Gasteiger partial charge in [-0.05, 0) is 37.8 Å². The summed E-state index contributed by atoms with van der Waals surface area (Å²) in [5.41, 5.74) is 3.12. The molecule has 7 heteroatoms. The molecule has 0 bridgehead atoms. The number of hydrogen-bond acceptors (Lipinski definition) is 5. The minimum absolute atomic E-state index is 0.00466. The van der Waals surface area contributed by atoms with E-state index in [-0.39, 0.29) is 17.7 Å². The molecule has 2 aromatic rings. The van der Waals surface area contributed by atoms with E-state index in [0.717, 1.165) is 67.5 Å². The van der Waals surface area contributed by atoms with Crippen LogP contribution in [-0.2, 0) is 22.4 Å². The molecule has 2 heterocycles. The Balaban J connectivity index is 1.40. The van der Waals surface area contributed by atoms with Crippen LogP contribution in [0.5, 0.6) is 0 Å². The fraction of sp³-hybridized carbons (Fsp3) is 0.476. The van der Waals surface area contributed by atoms with E-state index in [2.05, 4.69) is 10.2 Å². The van der Waals surface area contributed by atoms with Gasteiger partial charge in [-0.2, -0.15) is 0 Å². The second kappa shape index (κ2) is 7.91. The molecular weight excluding hydrogens is 372 g/mol. The molecule has 2 amide bonds. The van der Waals surface area contributed by atoms with Crippen molar-refractivity contribution in [1.82, 2.24) is 9.88 Å². The van der Waals surface area contributed by atoms with E-state index < -0.39 is 0 Å². The third-order valence-electron chi connectivity index (χ3n) is 5.70. The summed E-state index contributed by atoms with van der Waals surface area (Å²) in [5.74, 6) is 0.237. The second-order valence-electron chi connectivity index (χ2n) is 7.60. The summed E-state index contributed by atoms with van der Waals surface area (Å²) in [6, 6.07) is 7.89. The Kier molecular flexibility index (Phi) is 5.35. The normalized spacial score (nSPS) is 19.3. The Bertz CT molecular complexity index is 886. The van der Waals surface area contributed by atoms with E-state index in [1.165, 1.54) is 4.88 Å². The summed E-state index contributed by atoms with van der Waals surface area (Å²) in [4.78, 5) is 34.5. The largest absolute Gasteiger partial charge is 0.345 e. The van der Waals surface area contributed by atoms with Crippen molar-refractivity contribution in [2.45, 2.75) is 33.1 Å². The van der Waals surface area contributed by atoms with Gasteiger partial charge in [0.15, 0.2) is 5.13 Å². The molecule has 0 radical (unpaired) electrons. The lowest BCUT2D eigenvalue weighted by atomic mass is 9.90. The number of fused-ring (bicyclic) bond motifs is 1. The number of benzene rings is 1. The summed E-state index contributed by atoms with van der Waals surface area (Å²) in [6.07, 6.45) is 2.45. The van der Waals surface area contributed by atoms with Gasteiger partial charge in [-0.15, -0.1) is 11.3 Å². The number of rotatable bonds is 3. The van der Waals surface area contributed by atoms with Crippen LogP contribution in [0.15, 0.2) is 24.3 Å². The third-order valence-corrected chi connectivity index (χ3v) is 6.88. The monoisotopic (exact) mass is 398 g/mol. The molecule has 1 aromatic carbocycles. The van der Waals surface area contributed by atoms with Gasteiger partial charge in [0.05, 0.1) is 5.69 Å². The highest BCUT2D eigenvalue weighted by Crippen LogP contribution is 2.35. The number of para-hydroxylation sites is 1. The maximum atomic E-state index is 12.8. The number of hydrogen-bond donors (Lipinski definition) is 1. The van der Waals surface area contributed by atoms with Crippen molar-refractivity contribution in [3.05, 3.63) is 40.4 Å². The zero-order valence-electron chi connectivity index (χ0n) is 16.4. The average molecular weight is 399 g/mol. The number of amides is 2. The predicted molar refractivity (Wildman–Crippen MR) is 112 cm³/mol. The van der Waals surface area contributed by atoms with Crippen LogP contribution in [0, 0.1) is 12.8 Å². The van der Waals surface area contributed by atoms with Crippen LogP contribution in [0.1, 0.15) is 29.5 Å². The first-order valence-corrected chi connectivity index (χ1v) is 10.7. The van der Waals surface area contributed by atoms with Crippen molar-refractivity contribution in [1.29, 1.82) is 0 Å². The predicted octanol–water partition coefficient (Wildman–Crippen LogP) is 2.86. The molecule has 0 saturated carbocycles. The molecule has 2 aliphatic rings. The molecule has 1 fully saturated rings. The molecule has 1 aliphatic heterocycles. The van der Waals surface area contributed by atoms with Crippen molar-refractivity contribution in [3.63, 3.8) is 0 Å². The first kappa shape index (κ1) is 18.9. The summed E-state index contributed by atoms with van der Waals surface area (Å²) in [6.45, 7) is 6.78. The van der Waals surface area contributed by atoms with Gasteiger partial charge in [0.2, 0.25) is 11.8 Å². The van der Waals surface area contributed by atoms with Crippen LogP contribution in [0.4, 0.5) is 10.8 Å². The number of carbonyl (C=O) groups is 2. The summed E-state index contributed by atoms with van der Waals surface area (Å²) >= 11 is 1.71. The van der Waals surface area contributed by atoms with Crippen molar-refractivity contribution in [2.75, 3.05) is 36.4 Å². The van der Waals surface area contributed by atoms with Gasteiger partial charge in [0.1, 0.15) is 0 Å². The molecule has 1 atom stereocenters. The Morgan fingerprint density at radius 1 is 1.18 bits per heavy atom. The molecule has 4 rings (SSSR count). The minimum Gasteiger partial charge on any atom is -0.345 e. The zero-order valence-corrected chi connectivity index (χ0v) is 17.2. The fourth-order valence-corrected chi connectivity index (χ4v) is 5.12. The minimum atomic E-state index is -0.00466. The Morgan fingerprint density at radius 2 is 1.93 bits per heavy atom. The van der Waals surface area contributed by atoms with Gasteiger partial charge < -0.3 is 15.1 Å². The smallest absolute Gasteiger partial charge is 0.227 e. The summed E-state index contributed by atoms with van der Waals surface area (Å²) < 4.78 is 0. The average Bonchev–Trinajstić information content (AvgIpc) is 3.13. The standard InChI is InChI=1S/C21H26N4O2S/c1-14-5-3-4-6-17(14)22-20(27)16-7-8-18-19(13-16)28-21(23-18)25-11-9-24(10-12-25)15(2)26/h3-6,16H,7-13H2,1-2H3,(H,22,27). The number of anilines is 2. The number of nitrogens with zero attached hydrogens (tertiary/aromatic N) is 3. The number of aromatic nitrogens is 1. The lowest BCUT2D eigenvalue weighted by molar-refractivity contribution is -0.129. The van der Waals surface area contributed by atoms with Crippen molar-refractivity contribution in [3.8, 4) is 0 Å². The number of nitrogens with one attached hydrogen (secondary N) is 1. The van der Waals surface area contributed by atoms with E-state index in [0.29, 0.717) is 0 Å². The topological polar surface area (TPSA) is 65.5 Å². The highest BCUT2D eigenvalue weighted by molar-refractivity contribution is 7.15. The molecule has 6 nitrogen and oxygen atoms in total. The molecule has 28 heavy (non-hydrogen) atoms. The first-order valence-electron chi connectivity index (χ1n) is 9.87. The van der Waals surface area contributed by atoms with Crippen molar-refractivity contribution in [2.24, 2.45) is 5.92 Å². The van der Waals surface area contributed by atoms with Gasteiger partial charge in [-0.3, -0.25) is 9.59 Å². The SMILES string of the molecule is CC(=O)N1CCN(c2nc3c(s2)CC(C(=O)Nc2ccccc2C)CC3)CC1. The molecule has 1 unspecified atom stereocenters. The number of piperazine rings is 1. The summed E-state index contributed by atoms with van der Waals surface area (Å²) in [7, 11) is 0. The van der Waals surface area contributed by atoms with Gasteiger partial charge in [0.25, 0.3) is 0 Å². The fourth-order valence-electron chi connectivity index (χ4n) is 3.88. The second-order valence-corrected chi connectivity index (χ2v) is 8.67. The molecule has 1 saturated heterocycles. The summed E-state index contributed by atoms with van der Waals surface area (Å²) in [5, 5.41) is 4.13. The van der Waals surface area contributed by atoms with Gasteiger partial charge in [-0.1, -0.05) is 18.2 Å². The van der Waals surface area contributed by atoms with Crippen molar-refractivity contribution < 1.29 is 9.59 Å². The molecular formula is C21H26N4O2S. The van der Waals surface area contributed by atoms with Crippen LogP contribution in [0.2, 0.25) is 0 Å². The molecule has 1 aliphatic carbocycles. The number of carbonyl (C=O) groups excluding carboxylic acids is 2. The molecule has 1 N–H and O–H groups in total. The maximum absolute atomic E-state index is 12.8. The Hall–Kier alpha value is -2.41. The molecule has 148 valence electrons. The van der Waals surface area contributed by atoms with Gasteiger partial charge in [0, 0.05) is 49.6 Å². The van der Waals surface area contributed by atoms with Crippen LogP contribution < -0.4 is 10.2 Å². The third kappa shape index (κ3) is 3.90. The van der Waals surface area contributed by atoms with Crippen molar-refractivity contribution >= 4 is 34.0 Å². The van der Waals surface area contributed by atoms with Crippen LogP contribution in [-0.4, -0.2) is 47.9 Å². The molecule has 1 aromatic heterocycles. The van der Waals surface area contributed by atoms with Gasteiger partial charge in [-0.25, -0.2) is 4.98 Å². The van der Waals surface area contributed by atoms with E-state index >= 15 is 0 Å². The maximum Gasteiger partial charge on any atom is 0.227 e. The lowest BCUT2D eigenvalue weighted by Gasteiger charge is -2.33. The van der Waals surface area contributed by atoms with E-state index in [4.69, 9.17) is 4.98 Å². The highest BCUT2D eigenvalue weighted by Gasteiger charge is 2.29. The zero-order chi connectivity index (χ0) is 19.7. The van der Waals surface area contributed by atoms with Crippen LogP contribution in [0.3, 0.4) is 0 Å². The van der Waals surface area contributed by atoms with Crippen LogP contribution >= 0.6 is 11.3 Å². The van der Waals surface area contributed by atoms with E-state index in [1.807, 2.05) is 36.1 Å². The number of aryl methyl sites for hydroxylation is 2. The quantitative estimate of drug-likeness (QED) is 0.863. The van der Waals surface area contributed by atoms with E-state index in [9.17, 15) is 9.59 Å². The Labute approximate surface area is 169 Å². The Morgan fingerprint density at radius 3 is 2.64 bits per heavy atom. The first-order chi connectivity index (χ1) is 13.5. The lowest BCUT2D eigenvalue weighted by Crippen LogP contribution is -2.48. The number of thiazole rings is 1. The van der Waals surface area contributed by atoms with Crippen LogP contribution in [0.25, 0.3) is 0 Å². The highest BCUT2D eigenvalue weighted by atomic mass is 32.1. The molecule has 0 spiro atoms.